The molecule has 0 spiro atoms. The second kappa shape index (κ2) is 19.1. The molecule has 1 heterocycles. The van der Waals surface area contributed by atoms with Crippen LogP contribution in [0.4, 0.5) is 5.69 Å². The lowest BCUT2D eigenvalue weighted by molar-refractivity contribution is -0.159. The van der Waals surface area contributed by atoms with Crippen LogP contribution in [0.1, 0.15) is 61.3 Å². The molecule has 0 saturated carbocycles. The molecule has 3 aromatic carbocycles. The zero-order valence-electron chi connectivity index (χ0n) is 35.6. The third-order valence-corrected chi connectivity index (χ3v) is 10.0. The third-order valence-electron chi connectivity index (χ3n) is 10.0. The summed E-state index contributed by atoms with van der Waals surface area (Å²) in [5, 5.41) is 6.48. The Morgan fingerprint density at radius 3 is 2.14 bits per heavy atom. The number of pyridine rings is 1. The monoisotopic (exact) mass is 808 g/mol. The van der Waals surface area contributed by atoms with Gasteiger partial charge in [-0.05, 0) is 70.4 Å². The number of hydrogen-bond acceptors (Lipinski definition) is 10. The largest absolute Gasteiger partial charge is 0.497 e. The van der Waals surface area contributed by atoms with Crippen molar-refractivity contribution in [3.8, 4) is 34.3 Å². The average molecular weight is 809 g/mol. The van der Waals surface area contributed by atoms with Crippen molar-refractivity contribution in [2.24, 2.45) is 11.8 Å². The maximum atomic E-state index is 14.5. The van der Waals surface area contributed by atoms with E-state index >= 15 is 0 Å². The van der Waals surface area contributed by atoms with Gasteiger partial charge in [-0.1, -0.05) is 51.1 Å². The number of nitrogens with one attached hydrogen (secondary N) is 2. The smallest absolute Gasteiger partial charge is 0.329 e. The molecule has 2 unspecified atom stereocenters. The van der Waals surface area contributed by atoms with Gasteiger partial charge >= 0.3 is 5.97 Å². The highest BCUT2D eigenvalue weighted by Gasteiger charge is 2.41. The number of esters is 1. The fraction of sp³-hybridized carbons (Fsp3) is 0.413. The molecule has 2 N–H and O–H groups in total. The Bertz CT molecular complexity index is 2180. The number of fused-ring (bicyclic) bond motifs is 1. The first kappa shape index (κ1) is 44.0. The van der Waals surface area contributed by atoms with Gasteiger partial charge in [0.2, 0.25) is 17.7 Å². The molecule has 0 saturated heterocycles. The topological polar surface area (TPSA) is 155 Å². The summed E-state index contributed by atoms with van der Waals surface area (Å²) in [4.78, 5) is 62.7. The van der Waals surface area contributed by atoms with Crippen molar-refractivity contribution in [2.45, 2.75) is 85.1 Å². The number of likely N-dealkylation sites (N-methyl/N-ethyl adjacent to an activating group) is 1. The lowest BCUT2D eigenvalue weighted by atomic mass is 9.96. The van der Waals surface area contributed by atoms with Crippen LogP contribution in [0.3, 0.4) is 0 Å². The van der Waals surface area contributed by atoms with Crippen molar-refractivity contribution in [3.05, 3.63) is 84.4 Å². The third kappa shape index (κ3) is 10.5. The van der Waals surface area contributed by atoms with E-state index in [2.05, 4.69) is 10.6 Å². The first-order chi connectivity index (χ1) is 28.1. The number of methoxy groups -OCH3 is 3. The van der Waals surface area contributed by atoms with E-state index in [1.165, 1.54) is 19.1 Å². The van der Waals surface area contributed by atoms with Crippen molar-refractivity contribution in [1.82, 2.24) is 15.6 Å². The van der Waals surface area contributed by atoms with E-state index < -0.39 is 47.5 Å². The maximum Gasteiger partial charge on any atom is 0.329 e. The number of hydrogen-bond donors (Lipinski definition) is 2. The number of benzene rings is 3. The molecule has 3 amide bonds. The van der Waals surface area contributed by atoms with Crippen LogP contribution in [0, 0.1) is 11.8 Å². The summed E-state index contributed by atoms with van der Waals surface area (Å²) in [6.07, 6.45) is 1.20. The first-order valence-corrected chi connectivity index (χ1v) is 19.9. The predicted molar refractivity (Wildman–Crippen MR) is 227 cm³/mol. The van der Waals surface area contributed by atoms with Gasteiger partial charge in [0, 0.05) is 47.7 Å². The summed E-state index contributed by atoms with van der Waals surface area (Å²) < 4.78 is 28.8. The normalized spacial score (nSPS) is 16.1. The highest BCUT2D eigenvalue weighted by molar-refractivity contribution is 6.06. The number of carbonyl (C=O) groups is 4. The van der Waals surface area contributed by atoms with Crippen molar-refractivity contribution >= 4 is 40.3 Å². The molecular weight excluding hydrogens is 753 g/mol. The summed E-state index contributed by atoms with van der Waals surface area (Å²) in [6, 6.07) is 20.2. The second-order valence-electron chi connectivity index (χ2n) is 15.6. The minimum absolute atomic E-state index is 0.0718. The average Bonchev–Trinajstić information content (AvgIpc) is 3.65. The van der Waals surface area contributed by atoms with E-state index in [0.29, 0.717) is 45.3 Å². The number of amides is 3. The van der Waals surface area contributed by atoms with Crippen LogP contribution in [0.2, 0.25) is 0 Å². The Kier molecular flexibility index (Phi) is 14.2. The number of nitrogens with zero attached hydrogens (tertiary/aromatic N) is 2. The van der Waals surface area contributed by atoms with E-state index in [9.17, 15) is 19.2 Å². The number of anilines is 1. The molecule has 1 aliphatic carbocycles. The second-order valence-corrected chi connectivity index (χ2v) is 15.6. The molecule has 314 valence electrons. The van der Waals surface area contributed by atoms with E-state index in [1.807, 2.05) is 75.4 Å². The molecule has 13 nitrogen and oxygen atoms in total. The van der Waals surface area contributed by atoms with Crippen molar-refractivity contribution in [1.29, 1.82) is 0 Å². The Morgan fingerprint density at radius 1 is 0.847 bits per heavy atom. The lowest BCUT2D eigenvalue weighted by Gasteiger charge is -2.30. The van der Waals surface area contributed by atoms with Gasteiger partial charge in [-0.25, -0.2) is 9.78 Å². The molecule has 0 radical (unpaired) electrons. The van der Waals surface area contributed by atoms with Gasteiger partial charge in [-0.3, -0.25) is 14.4 Å². The Hall–Kier alpha value is -6.11. The number of aromatic nitrogens is 1. The molecule has 0 fully saturated rings. The molecule has 0 aliphatic heterocycles. The fourth-order valence-electron chi connectivity index (χ4n) is 6.96. The molecule has 1 aliphatic rings. The minimum Gasteiger partial charge on any atom is -0.497 e. The van der Waals surface area contributed by atoms with E-state index in [-0.39, 0.29) is 36.8 Å². The van der Waals surface area contributed by atoms with Gasteiger partial charge in [-0.2, -0.15) is 0 Å². The van der Waals surface area contributed by atoms with E-state index in [0.717, 1.165) is 5.56 Å². The van der Waals surface area contributed by atoms with E-state index in [1.54, 1.807) is 59.1 Å². The van der Waals surface area contributed by atoms with Gasteiger partial charge in [-0.15, -0.1) is 0 Å². The molecule has 1 aromatic heterocycles. The summed E-state index contributed by atoms with van der Waals surface area (Å²) in [7, 11) is 4.63. The molecule has 5 rings (SSSR count). The maximum absolute atomic E-state index is 14.5. The Balaban J connectivity index is 1.52. The van der Waals surface area contributed by atoms with Crippen LogP contribution < -0.4 is 34.5 Å². The summed E-state index contributed by atoms with van der Waals surface area (Å²) >= 11 is 0. The SMILES string of the molecule is CC[C@H](NC(=O)C1CC(Oc2cc(-c3ccccc3)nc3cc(OC)ccc23)C=C1C(=O)N[C@H](C(=O)N(CC)c1cc(OC)ccc1OC)C(C)C)C(=O)OC(C)(C)C. The van der Waals surface area contributed by atoms with Gasteiger partial charge < -0.3 is 39.2 Å². The van der Waals surface area contributed by atoms with Crippen LogP contribution in [-0.2, 0) is 23.9 Å². The quantitative estimate of drug-likeness (QED) is 0.113. The van der Waals surface area contributed by atoms with Gasteiger partial charge in [0.25, 0.3) is 0 Å². The van der Waals surface area contributed by atoms with Crippen LogP contribution in [0.15, 0.2) is 84.4 Å². The first-order valence-electron chi connectivity index (χ1n) is 19.9. The number of ether oxygens (including phenoxy) is 5. The standard InChI is InChI=1S/C46H56N4O9/c1-11-35(45(54)59-46(5,6)7)48-42(51)33-22-31(58-40-26-36(28-16-14-13-15-17-28)47-37-24-29(55-8)18-20-32(37)40)23-34(33)43(52)49-41(27(3)4)44(53)50(12-2)38-25-30(56-9)19-21-39(38)57-10/h13-21,23-27,31,33,35,41H,11-12,22H2,1-10H3,(H,48,51)(H,49,52)/t31?,33?,35-,41-/m0/s1. The summed E-state index contributed by atoms with van der Waals surface area (Å²) in [5.41, 5.74) is 1.97. The van der Waals surface area contributed by atoms with Crippen molar-refractivity contribution in [3.63, 3.8) is 0 Å². The predicted octanol–water partition coefficient (Wildman–Crippen LogP) is 7.05. The lowest BCUT2D eigenvalue weighted by Crippen LogP contribution is -2.52. The highest BCUT2D eigenvalue weighted by atomic mass is 16.6. The molecule has 59 heavy (non-hydrogen) atoms. The van der Waals surface area contributed by atoms with Crippen molar-refractivity contribution < 1.29 is 42.9 Å². The minimum atomic E-state index is -1.04. The summed E-state index contributed by atoms with van der Waals surface area (Å²) in [6.45, 7) is 12.8. The van der Waals surface area contributed by atoms with Crippen LogP contribution in [0.25, 0.3) is 22.2 Å². The Labute approximate surface area is 346 Å². The van der Waals surface area contributed by atoms with Gasteiger partial charge in [0.05, 0.1) is 44.1 Å². The molecular formula is C46H56N4O9. The highest BCUT2D eigenvalue weighted by Crippen LogP contribution is 2.37. The Morgan fingerprint density at radius 2 is 1.53 bits per heavy atom. The number of carbonyl (C=O) groups excluding carboxylic acids is 4. The van der Waals surface area contributed by atoms with Gasteiger partial charge in [0.1, 0.15) is 46.8 Å². The van der Waals surface area contributed by atoms with Crippen LogP contribution >= 0.6 is 0 Å². The van der Waals surface area contributed by atoms with Gasteiger partial charge in [0.15, 0.2) is 0 Å². The van der Waals surface area contributed by atoms with Crippen LogP contribution in [0.5, 0.6) is 23.0 Å². The summed E-state index contributed by atoms with van der Waals surface area (Å²) in [5.74, 6) is -1.43. The van der Waals surface area contributed by atoms with Crippen LogP contribution in [-0.4, -0.2) is 80.3 Å². The van der Waals surface area contributed by atoms with Crippen molar-refractivity contribution in [2.75, 3.05) is 32.8 Å². The fourth-order valence-corrected chi connectivity index (χ4v) is 6.96. The molecule has 4 aromatic rings. The molecule has 0 bridgehead atoms. The molecule has 4 atom stereocenters. The number of rotatable bonds is 16. The van der Waals surface area contributed by atoms with E-state index in [4.69, 9.17) is 28.7 Å². The zero-order chi connectivity index (χ0) is 43.0. The zero-order valence-corrected chi connectivity index (χ0v) is 35.6. The molecule has 13 heteroatoms.